The molecule has 2 aliphatic heterocycles. The van der Waals surface area contributed by atoms with Crippen molar-refractivity contribution in [2.75, 3.05) is 41.8 Å². The van der Waals surface area contributed by atoms with Crippen molar-refractivity contribution in [3.63, 3.8) is 0 Å². The lowest BCUT2D eigenvalue weighted by Gasteiger charge is -2.31. The summed E-state index contributed by atoms with van der Waals surface area (Å²) >= 11 is 0. The molecule has 1 saturated carbocycles. The van der Waals surface area contributed by atoms with Gasteiger partial charge in [0.25, 0.3) is 11.8 Å². The number of nitrogens with one attached hydrogen (secondary N) is 2. The maximum Gasteiger partial charge on any atom is 0.317 e. The van der Waals surface area contributed by atoms with Crippen molar-refractivity contribution < 1.29 is 13.9 Å². The molecule has 0 radical (unpaired) electrons. The molecule has 2 N–H and O–H groups in total. The van der Waals surface area contributed by atoms with Gasteiger partial charge in [-0.05, 0) is 36.5 Å². The van der Waals surface area contributed by atoms with Crippen molar-refractivity contribution in [2.24, 2.45) is 4.99 Å². The van der Waals surface area contributed by atoms with E-state index in [9.17, 15) is 4.79 Å². The van der Waals surface area contributed by atoms with Crippen LogP contribution in [0.25, 0.3) is 11.6 Å². The fourth-order valence-electron chi connectivity index (χ4n) is 6.01. The number of benzene rings is 2. The fraction of sp³-hybridized carbons (Fsp3) is 0.344. The van der Waals surface area contributed by atoms with E-state index >= 15 is 0 Å². The van der Waals surface area contributed by atoms with Crippen molar-refractivity contribution >= 4 is 29.0 Å². The highest BCUT2D eigenvalue weighted by molar-refractivity contribution is 6.19. The number of para-hydroxylation sites is 1. The van der Waals surface area contributed by atoms with E-state index in [2.05, 4.69) is 31.8 Å². The predicted octanol–water partition coefficient (Wildman–Crippen LogP) is 5.24. The van der Waals surface area contributed by atoms with Gasteiger partial charge in [0.05, 0.1) is 30.3 Å². The lowest BCUT2D eigenvalue weighted by Crippen LogP contribution is -2.36. The molecule has 10 nitrogen and oxygen atoms in total. The number of hydrogen-bond acceptors (Lipinski definition) is 9. The highest BCUT2D eigenvalue weighted by atomic mass is 16.5. The molecule has 2 aromatic carbocycles. The number of carbonyl (C=O) groups is 1. The molecule has 1 atom stereocenters. The van der Waals surface area contributed by atoms with Crippen LogP contribution in [0.5, 0.6) is 0 Å². The van der Waals surface area contributed by atoms with E-state index in [0.29, 0.717) is 42.1 Å². The zero-order valence-electron chi connectivity index (χ0n) is 23.3. The third kappa shape index (κ3) is 5.37. The van der Waals surface area contributed by atoms with Crippen molar-refractivity contribution in [1.82, 2.24) is 15.2 Å². The van der Waals surface area contributed by atoms with Crippen LogP contribution in [0.1, 0.15) is 54.7 Å². The molecule has 42 heavy (non-hydrogen) atoms. The van der Waals surface area contributed by atoms with E-state index in [0.717, 1.165) is 29.9 Å². The first kappa shape index (κ1) is 26.3. The Morgan fingerprint density at radius 3 is 2.55 bits per heavy atom. The number of rotatable bonds is 6. The van der Waals surface area contributed by atoms with Crippen LogP contribution in [-0.4, -0.2) is 59.3 Å². The van der Waals surface area contributed by atoms with Crippen molar-refractivity contribution in [1.29, 1.82) is 0 Å². The van der Waals surface area contributed by atoms with Crippen molar-refractivity contribution in [2.45, 2.75) is 44.2 Å². The third-order valence-electron chi connectivity index (χ3n) is 8.20. The third-order valence-corrected chi connectivity index (χ3v) is 8.20. The van der Waals surface area contributed by atoms with Gasteiger partial charge in [-0.3, -0.25) is 4.79 Å². The largest absolute Gasteiger partial charge is 0.402 e. The maximum absolute atomic E-state index is 13.3. The molecule has 2 aromatic heterocycles. The van der Waals surface area contributed by atoms with E-state index in [1.807, 2.05) is 60.8 Å². The first-order valence-corrected chi connectivity index (χ1v) is 14.7. The minimum atomic E-state index is -0.985. The second kappa shape index (κ2) is 11.7. The van der Waals surface area contributed by atoms with Gasteiger partial charge < -0.3 is 24.7 Å². The van der Waals surface area contributed by atoms with Gasteiger partial charge in [0.15, 0.2) is 5.69 Å². The number of pyridine rings is 1. The number of aliphatic imine (C=N–C) groups is 1. The number of fused-ring (bicyclic) bond motifs is 1. The Kier molecular flexibility index (Phi) is 7.36. The van der Waals surface area contributed by atoms with Crippen LogP contribution in [0, 0.1) is 0 Å². The van der Waals surface area contributed by atoms with E-state index in [4.69, 9.17) is 19.1 Å². The molecule has 1 aliphatic carbocycles. The highest BCUT2D eigenvalue weighted by Crippen LogP contribution is 2.37. The summed E-state index contributed by atoms with van der Waals surface area (Å²) in [7, 11) is 0. The summed E-state index contributed by atoms with van der Waals surface area (Å²) < 4.78 is 11.7. The smallest absolute Gasteiger partial charge is 0.317 e. The zero-order chi connectivity index (χ0) is 28.3. The molecule has 1 amide bonds. The van der Waals surface area contributed by atoms with Crippen LogP contribution >= 0.6 is 0 Å². The molecule has 214 valence electrons. The summed E-state index contributed by atoms with van der Waals surface area (Å²) in [6.45, 7) is 2.85. The quantitative estimate of drug-likeness (QED) is 0.327. The van der Waals surface area contributed by atoms with Crippen LogP contribution < -0.4 is 15.5 Å². The average Bonchev–Trinajstić information content (AvgIpc) is 3.47. The molecular formula is C32H33N7O3. The molecule has 4 aromatic rings. The Morgan fingerprint density at radius 1 is 0.929 bits per heavy atom. The molecule has 4 heterocycles. The summed E-state index contributed by atoms with van der Waals surface area (Å²) in [5, 5.41) is 14.6. The Bertz CT molecular complexity index is 1590. The molecule has 0 bridgehead atoms. The first-order chi connectivity index (χ1) is 20.7. The number of nitrogens with zero attached hydrogens (tertiary/aromatic N) is 5. The molecule has 1 saturated heterocycles. The molecule has 2 fully saturated rings. The molecular weight excluding hydrogens is 530 g/mol. The SMILES string of the molecule is O=C1Nc2ccccc2C(c2ccccc2)=N[C@@H]1Nc1nnc(-c2ncc(C3CCCCC3)cc2N2CCOCC2)o1. The number of ether oxygens (including phenoxy) is 1. The number of carbonyl (C=O) groups excluding carboxylic acids is 1. The Morgan fingerprint density at radius 2 is 1.71 bits per heavy atom. The van der Waals surface area contributed by atoms with Gasteiger partial charge >= 0.3 is 6.01 Å². The average molecular weight is 564 g/mol. The van der Waals surface area contributed by atoms with E-state index in [1.54, 1.807) is 0 Å². The number of anilines is 3. The Balaban J connectivity index is 1.20. The van der Waals surface area contributed by atoms with Gasteiger partial charge in [0, 0.05) is 30.4 Å². The van der Waals surface area contributed by atoms with Crippen LogP contribution in [0.2, 0.25) is 0 Å². The number of benzodiazepines with no additional fused rings is 1. The van der Waals surface area contributed by atoms with Crippen LogP contribution in [0.3, 0.4) is 0 Å². The molecule has 0 spiro atoms. The Labute approximate surface area is 244 Å². The Hall–Kier alpha value is -4.57. The molecule has 7 rings (SSSR count). The number of amides is 1. The minimum absolute atomic E-state index is 0.0957. The summed E-state index contributed by atoms with van der Waals surface area (Å²) in [6, 6.07) is 19.8. The van der Waals surface area contributed by atoms with Crippen LogP contribution in [-0.2, 0) is 9.53 Å². The number of morpholine rings is 1. The number of aromatic nitrogens is 3. The monoisotopic (exact) mass is 563 g/mol. The van der Waals surface area contributed by atoms with Crippen molar-refractivity contribution in [3.8, 4) is 11.6 Å². The van der Waals surface area contributed by atoms with Gasteiger partial charge in [0.1, 0.15) is 0 Å². The standard InChI is InChI=1S/C32H33N7O3/c40-30-29(35-27(22-11-5-2-6-12-22)24-13-7-8-14-25(24)34-30)36-32-38-37-31(42-32)28-26(39-15-17-41-18-16-39)19-23(20-33-28)21-9-3-1-4-10-21/h2,5-8,11-14,19-21,29H,1,3-4,9-10,15-18H2,(H,34,40)(H,36,38)/t29-/m1/s1. The van der Waals surface area contributed by atoms with E-state index in [1.165, 1.54) is 37.7 Å². The minimum Gasteiger partial charge on any atom is -0.402 e. The summed E-state index contributed by atoms with van der Waals surface area (Å²) in [6.07, 6.45) is 7.17. The molecule has 10 heteroatoms. The molecule has 0 unspecified atom stereocenters. The lowest BCUT2D eigenvalue weighted by molar-refractivity contribution is -0.116. The zero-order valence-corrected chi connectivity index (χ0v) is 23.3. The highest BCUT2D eigenvalue weighted by Gasteiger charge is 2.28. The summed E-state index contributed by atoms with van der Waals surface area (Å²) in [5.74, 6) is 0.491. The van der Waals surface area contributed by atoms with E-state index < -0.39 is 6.17 Å². The first-order valence-electron chi connectivity index (χ1n) is 14.7. The summed E-state index contributed by atoms with van der Waals surface area (Å²) in [4.78, 5) is 25.2. The van der Waals surface area contributed by atoms with E-state index in [-0.39, 0.29) is 11.9 Å². The second-order valence-electron chi connectivity index (χ2n) is 10.9. The topological polar surface area (TPSA) is 118 Å². The normalized spacial score (nSPS) is 19.4. The number of hydrogen-bond donors (Lipinski definition) is 2. The fourth-order valence-corrected chi connectivity index (χ4v) is 6.01. The second-order valence-corrected chi connectivity index (χ2v) is 10.9. The summed E-state index contributed by atoms with van der Waals surface area (Å²) in [5.41, 5.74) is 5.98. The van der Waals surface area contributed by atoms with Gasteiger partial charge in [0.2, 0.25) is 6.17 Å². The maximum atomic E-state index is 13.3. The van der Waals surface area contributed by atoms with Crippen LogP contribution in [0.4, 0.5) is 17.4 Å². The predicted molar refractivity (Wildman–Crippen MR) is 161 cm³/mol. The van der Waals surface area contributed by atoms with Crippen LogP contribution in [0.15, 0.2) is 76.3 Å². The van der Waals surface area contributed by atoms with Gasteiger partial charge in [-0.25, -0.2) is 9.98 Å². The lowest BCUT2D eigenvalue weighted by atomic mass is 9.84. The van der Waals surface area contributed by atoms with Gasteiger partial charge in [-0.1, -0.05) is 72.9 Å². The molecule has 3 aliphatic rings. The van der Waals surface area contributed by atoms with Gasteiger partial charge in [-0.2, -0.15) is 0 Å². The van der Waals surface area contributed by atoms with Crippen molar-refractivity contribution in [3.05, 3.63) is 83.6 Å². The van der Waals surface area contributed by atoms with Gasteiger partial charge in [-0.15, -0.1) is 5.10 Å².